The fraction of sp³-hybridized carbons (Fsp3) is 0.387. The Hall–Kier alpha value is -1.47. The molecular weight excluding hydrogens is 467 g/mol. The molecule has 0 amide bonds. The van der Waals surface area contributed by atoms with Crippen molar-refractivity contribution in [2.75, 3.05) is 0 Å². The third kappa shape index (κ3) is 7.27. The van der Waals surface area contributed by atoms with Crippen molar-refractivity contribution >= 4 is 41.0 Å². The highest BCUT2D eigenvalue weighted by Gasteiger charge is 2.29. The van der Waals surface area contributed by atoms with Crippen molar-refractivity contribution in [3.8, 4) is 0 Å². The fourth-order valence-electron chi connectivity index (χ4n) is 3.67. The van der Waals surface area contributed by atoms with Crippen LogP contribution < -0.4 is 5.30 Å². The van der Waals surface area contributed by atoms with E-state index in [4.69, 9.17) is 0 Å². The molecule has 0 aromatic heterocycles. The summed E-state index contributed by atoms with van der Waals surface area (Å²) in [4.78, 5) is 2.57. The second kappa shape index (κ2) is 10.7. The molecular formula is C31H39PS2. The van der Waals surface area contributed by atoms with E-state index < -0.39 is 0 Å². The van der Waals surface area contributed by atoms with Gasteiger partial charge in [-0.05, 0) is 65.4 Å². The molecule has 0 nitrogen and oxygen atoms in total. The minimum Gasteiger partial charge on any atom is -0.0778 e. The molecule has 0 radical (unpaired) electrons. The van der Waals surface area contributed by atoms with E-state index in [1.165, 1.54) is 43.9 Å². The molecule has 0 aliphatic heterocycles. The van der Waals surface area contributed by atoms with Crippen molar-refractivity contribution in [3.63, 3.8) is 0 Å². The first-order chi connectivity index (χ1) is 15.7. The summed E-state index contributed by atoms with van der Waals surface area (Å²) >= 11 is 3.79. The molecule has 3 heteroatoms. The molecule has 0 atom stereocenters. The Morgan fingerprint density at radius 1 is 0.559 bits per heavy atom. The largest absolute Gasteiger partial charge is 0.0778 e. The minimum absolute atomic E-state index is 0.0591. The number of hydrogen-bond donors (Lipinski definition) is 0. The van der Waals surface area contributed by atoms with E-state index in [0.29, 0.717) is 0 Å². The molecule has 0 saturated heterocycles. The van der Waals surface area contributed by atoms with Crippen molar-refractivity contribution in [2.45, 2.75) is 88.3 Å². The molecule has 0 saturated carbocycles. The first-order valence-corrected chi connectivity index (χ1v) is 14.5. The Labute approximate surface area is 218 Å². The van der Waals surface area contributed by atoms with E-state index in [2.05, 4.69) is 135 Å². The van der Waals surface area contributed by atoms with Crippen LogP contribution in [0.25, 0.3) is 0 Å². The van der Waals surface area contributed by atoms with Crippen LogP contribution in [0.2, 0.25) is 0 Å². The van der Waals surface area contributed by atoms with Gasteiger partial charge in [-0.25, -0.2) is 0 Å². The Kier molecular flexibility index (Phi) is 8.50. The van der Waals surface area contributed by atoms with Crippen LogP contribution in [0.15, 0.2) is 82.6 Å². The molecule has 3 rings (SSSR count). The van der Waals surface area contributed by atoms with Gasteiger partial charge in [-0.15, -0.1) is 0 Å². The second-order valence-corrected chi connectivity index (χ2v) is 16.0. The van der Waals surface area contributed by atoms with Gasteiger partial charge in [0.25, 0.3) is 0 Å². The minimum atomic E-state index is 0.0591. The Morgan fingerprint density at radius 2 is 0.941 bits per heavy atom. The lowest BCUT2D eigenvalue weighted by molar-refractivity contribution is 0.554. The van der Waals surface area contributed by atoms with E-state index in [1.54, 1.807) is 0 Å². The average molecular weight is 507 g/mol. The molecule has 180 valence electrons. The summed E-state index contributed by atoms with van der Waals surface area (Å²) in [5, 5.41) is 1.47. The van der Waals surface area contributed by atoms with E-state index in [9.17, 15) is 0 Å². The van der Waals surface area contributed by atoms with Crippen LogP contribution in [0.4, 0.5) is 0 Å². The Bertz CT molecular complexity index is 1050. The SMILES string of the molecule is CC(C)(C)c1cc(C(C)(C)C)c(P=C(Sc2ccccc2)Sc2ccccc2)c(C(C)(C)C)c1. The molecule has 0 aliphatic carbocycles. The zero-order valence-electron chi connectivity index (χ0n) is 22.2. The predicted molar refractivity (Wildman–Crippen MR) is 159 cm³/mol. The molecule has 0 aliphatic rings. The summed E-state index contributed by atoms with van der Waals surface area (Å²) in [5.74, 6) is 0. The second-order valence-electron chi connectivity index (χ2n) is 11.9. The molecule has 0 spiro atoms. The van der Waals surface area contributed by atoms with E-state index in [-0.39, 0.29) is 16.2 Å². The van der Waals surface area contributed by atoms with Gasteiger partial charge in [0.05, 0.1) is 3.96 Å². The topological polar surface area (TPSA) is 0 Å². The van der Waals surface area contributed by atoms with Gasteiger partial charge < -0.3 is 0 Å². The summed E-state index contributed by atoms with van der Waals surface area (Å²) in [6.45, 7) is 21.1. The monoisotopic (exact) mass is 506 g/mol. The highest BCUT2D eigenvalue weighted by atomic mass is 32.2. The standard InChI is InChI=1S/C31H39PS2/c1-29(2,3)22-20-25(30(4,5)6)27(26(21-22)31(7,8)9)32-28(33-23-16-12-10-13-17-23)34-24-18-14-11-15-19-24/h10-21H,1-9H3. The quantitative estimate of drug-likeness (QED) is 0.249. The summed E-state index contributed by atoms with van der Waals surface area (Å²) in [7, 11) is 1.28. The summed E-state index contributed by atoms with van der Waals surface area (Å²) in [5.41, 5.74) is 4.58. The van der Waals surface area contributed by atoms with Crippen molar-refractivity contribution in [3.05, 3.63) is 89.5 Å². The van der Waals surface area contributed by atoms with Gasteiger partial charge in [0.2, 0.25) is 0 Å². The molecule has 0 fully saturated rings. The molecule has 3 aromatic carbocycles. The van der Waals surface area contributed by atoms with Crippen LogP contribution in [-0.4, -0.2) is 3.96 Å². The summed E-state index contributed by atoms with van der Waals surface area (Å²) in [6, 6.07) is 26.5. The van der Waals surface area contributed by atoms with Gasteiger partial charge in [-0.3, -0.25) is 0 Å². The van der Waals surface area contributed by atoms with Crippen LogP contribution in [0.1, 0.15) is 79.0 Å². The van der Waals surface area contributed by atoms with E-state index in [0.717, 1.165) is 0 Å². The normalized spacial score (nSPS) is 12.7. The number of hydrogen-bond acceptors (Lipinski definition) is 2. The van der Waals surface area contributed by atoms with E-state index in [1.807, 2.05) is 23.5 Å². The van der Waals surface area contributed by atoms with Crippen LogP contribution >= 0.6 is 31.7 Å². The fourth-order valence-corrected chi connectivity index (χ4v) is 8.17. The molecule has 0 bridgehead atoms. The van der Waals surface area contributed by atoms with Gasteiger partial charge in [0.1, 0.15) is 0 Å². The molecule has 0 unspecified atom stereocenters. The Morgan fingerprint density at radius 3 is 1.26 bits per heavy atom. The lowest BCUT2D eigenvalue weighted by Gasteiger charge is -2.32. The van der Waals surface area contributed by atoms with Gasteiger partial charge in [-0.2, -0.15) is 0 Å². The lowest BCUT2D eigenvalue weighted by atomic mass is 9.75. The number of benzene rings is 3. The van der Waals surface area contributed by atoms with Gasteiger partial charge in [0.15, 0.2) is 0 Å². The zero-order valence-corrected chi connectivity index (χ0v) is 24.7. The summed E-state index contributed by atoms with van der Waals surface area (Å²) in [6.07, 6.45) is 0. The zero-order chi connectivity index (χ0) is 25.1. The van der Waals surface area contributed by atoms with Gasteiger partial charge in [-0.1, -0.05) is 134 Å². The number of thioether (sulfide) groups is 2. The highest BCUT2D eigenvalue weighted by Crippen LogP contribution is 2.39. The lowest BCUT2D eigenvalue weighted by Crippen LogP contribution is -2.30. The summed E-state index contributed by atoms with van der Waals surface area (Å²) < 4.78 is 1.39. The van der Waals surface area contributed by atoms with Crippen LogP contribution in [0.5, 0.6) is 0 Å². The van der Waals surface area contributed by atoms with E-state index >= 15 is 0 Å². The van der Waals surface area contributed by atoms with Crippen molar-refractivity contribution in [1.29, 1.82) is 0 Å². The van der Waals surface area contributed by atoms with Crippen molar-refractivity contribution in [1.82, 2.24) is 0 Å². The third-order valence-corrected chi connectivity index (χ3v) is 9.54. The Balaban J connectivity index is 2.27. The van der Waals surface area contributed by atoms with Crippen LogP contribution in [0.3, 0.4) is 0 Å². The molecule has 3 aromatic rings. The van der Waals surface area contributed by atoms with Gasteiger partial charge in [0, 0.05) is 15.1 Å². The smallest absolute Gasteiger partial charge is 0.0775 e. The molecule has 0 N–H and O–H groups in total. The maximum atomic E-state index is 2.48. The average Bonchev–Trinajstić information content (AvgIpc) is 2.73. The number of rotatable bonds is 5. The first-order valence-electron chi connectivity index (χ1n) is 12.0. The maximum absolute atomic E-state index is 2.48. The first kappa shape index (κ1) is 27.1. The molecule has 0 heterocycles. The highest BCUT2D eigenvalue weighted by molar-refractivity contribution is 8.44. The molecule has 34 heavy (non-hydrogen) atoms. The van der Waals surface area contributed by atoms with Crippen LogP contribution in [0, 0.1) is 0 Å². The van der Waals surface area contributed by atoms with Crippen LogP contribution in [-0.2, 0) is 16.2 Å². The van der Waals surface area contributed by atoms with Crippen molar-refractivity contribution in [2.24, 2.45) is 0 Å². The maximum Gasteiger partial charge on any atom is 0.0775 e. The van der Waals surface area contributed by atoms with Gasteiger partial charge >= 0.3 is 0 Å². The third-order valence-electron chi connectivity index (χ3n) is 5.69. The predicted octanol–water partition coefficient (Wildman–Crippen LogP) is 9.82. The van der Waals surface area contributed by atoms with Crippen molar-refractivity contribution < 1.29 is 0 Å².